The van der Waals surface area contributed by atoms with E-state index in [1.54, 1.807) is 6.92 Å². The maximum absolute atomic E-state index is 13.9. The molecule has 0 bridgehead atoms. The molecule has 0 amide bonds. The monoisotopic (exact) mass is 560 g/mol. The first-order chi connectivity index (χ1) is 18.9. The van der Waals surface area contributed by atoms with E-state index in [1.165, 1.54) is 18.2 Å². The number of ketones is 2. The molecular formula is C31H32F4O5. The average Bonchev–Trinajstić information content (AvgIpc) is 2.90. The molecule has 0 saturated heterocycles. The van der Waals surface area contributed by atoms with Crippen molar-refractivity contribution in [2.75, 3.05) is 0 Å². The number of carbonyl (C=O) groups excluding carboxylic acids is 2. The fourth-order valence-corrected chi connectivity index (χ4v) is 5.03. The van der Waals surface area contributed by atoms with Gasteiger partial charge in [0, 0.05) is 5.57 Å². The van der Waals surface area contributed by atoms with E-state index in [4.69, 9.17) is 4.74 Å². The van der Waals surface area contributed by atoms with Gasteiger partial charge in [0.25, 0.3) is 0 Å². The molecule has 1 aliphatic rings. The maximum Gasteiger partial charge on any atom is 0.417 e. The third-order valence-corrected chi connectivity index (χ3v) is 6.80. The van der Waals surface area contributed by atoms with Crippen LogP contribution in [0.15, 0.2) is 71.2 Å². The standard InChI is InChI=1S/C31H32F4O5/c1-4-7-23-27(37)26(29(39)30(16-5-2,17-6-3)28(23)38)25(36)15-9-19-8-12-22(18-24(19)31(33,34)35)40-21-13-10-20(32)11-14-21/h8-15,18,36-37H,4-7,16-17H2,1-3H3/b15-9+,26-25+. The van der Waals surface area contributed by atoms with E-state index in [1.807, 2.05) is 13.8 Å². The van der Waals surface area contributed by atoms with Crippen LogP contribution in [0.2, 0.25) is 0 Å². The average molecular weight is 561 g/mol. The Balaban J connectivity index is 2.09. The van der Waals surface area contributed by atoms with Gasteiger partial charge in [-0.25, -0.2) is 4.39 Å². The number of aliphatic hydroxyl groups excluding tert-OH is 2. The van der Waals surface area contributed by atoms with Crippen LogP contribution < -0.4 is 4.74 Å². The normalized spacial score (nSPS) is 17.1. The van der Waals surface area contributed by atoms with Crippen molar-refractivity contribution < 1.29 is 42.1 Å². The molecule has 0 aliphatic heterocycles. The van der Waals surface area contributed by atoms with E-state index < -0.39 is 51.6 Å². The van der Waals surface area contributed by atoms with Gasteiger partial charge in [0.05, 0.1) is 11.0 Å². The second kappa shape index (κ2) is 12.5. The van der Waals surface area contributed by atoms with Gasteiger partial charge in [-0.15, -0.1) is 0 Å². The summed E-state index contributed by atoms with van der Waals surface area (Å²) in [5.74, 6) is -3.10. The molecule has 0 saturated carbocycles. The van der Waals surface area contributed by atoms with Gasteiger partial charge < -0.3 is 14.9 Å². The molecule has 3 rings (SSSR count). The first kappa shape index (κ1) is 30.7. The van der Waals surface area contributed by atoms with Crippen LogP contribution in [0.5, 0.6) is 11.5 Å². The Morgan fingerprint density at radius 2 is 1.52 bits per heavy atom. The summed E-state index contributed by atoms with van der Waals surface area (Å²) >= 11 is 0. The number of hydrogen-bond donors (Lipinski definition) is 2. The number of alkyl halides is 3. The zero-order chi connectivity index (χ0) is 29.7. The molecule has 40 heavy (non-hydrogen) atoms. The minimum Gasteiger partial charge on any atom is -0.507 e. The number of halogens is 4. The fourth-order valence-electron chi connectivity index (χ4n) is 5.03. The van der Waals surface area contributed by atoms with E-state index in [9.17, 15) is 37.4 Å². The van der Waals surface area contributed by atoms with Gasteiger partial charge in [-0.2, -0.15) is 13.2 Å². The first-order valence-electron chi connectivity index (χ1n) is 13.2. The Bertz CT molecular complexity index is 1340. The second-order valence-corrected chi connectivity index (χ2v) is 9.71. The van der Waals surface area contributed by atoms with Crippen molar-refractivity contribution in [2.45, 2.75) is 65.5 Å². The number of hydrogen-bond acceptors (Lipinski definition) is 5. The van der Waals surface area contributed by atoms with Crippen LogP contribution in [0, 0.1) is 11.2 Å². The summed E-state index contributed by atoms with van der Waals surface area (Å²) in [6, 6.07) is 7.93. The molecular weight excluding hydrogens is 528 g/mol. The van der Waals surface area contributed by atoms with Crippen LogP contribution in [-0.2, 0) is 15.8 Å². The lowest BCUT2D eigenvalue weighted by atomic mass is 9.64. The molecule has 0 heterocycles. The Morgan fingerprint density at radius 3 is 2.08 bits per heavy atom. The third-order valence-electron chi connectivity index (χ3n) is 6.80. The zero-order valence-corrected chi connectivity index (χ0v) is 22.6. The Labute approximate surface area is 230 Å². The molecule has 5 nitrogen and oxygen atoms in total. The lowest BCUT2D eigenvalue weighted by Gasteiger charge is -2.36. The van der Waals surface area contributed by atoms with Crippen molar-refractivity contribution in [1.82, 2.24) is 0 Å². The number of rotatable bonds is 10. The molecule has 1 aliphatic carbocycles. The molecule has 0 aromatic heterocycles. The number of allylic oxidation sites excluding steroid dienone is 3. The highest BCUT2D eigenvalue weighted by molar-refractivity contribution is 6.24. The van der Waals surface area contributed by atoms with Crippen molar-refractivity contribution in [1.29, 1.82) is 0 Å². The smallest absolute Gasteiger partial charge is 0.417 e. The van der Waals surface area contributed by atoms with Crippen LogP contribution in [0.1, 0.15) is 70.4 Å². The number of benzene rings is 2. The summed E-state index contributed by atoms with van der Waals surface area (Å²) in [4.78, 5) is 27.0. The summed E-state index contributed by atoms with van der Waals surface area (Å²) in [7, 11) is 0. The Hall–Kier alpha value is -3.88. The highest BCUT2D eigenvalue weighted by Gasteiger charge is 2.52. The molecule has 2 N–H and O–H groups in total. The Kier molecular flexibility index (Phi) is 9.60. The van der Waals surface area contributed by atoms with E-state index in [2.05, 4.69) is 0 Å². The third kappa shape index (κ3) is 6.29. The lowest BCUT2D eigenvalue weighted by molar-refractivity contribution is -0.139. The molecule has 0 unspecified atom stereocenters. The molecule has 214 valence electrons. The SMILES string of the molecule is CCCC1=C(O)/C(=C(O)/C=C/c2ccc(Oc3ccc(F)cc3)cc2C(F)(F)F)C(=O)C(CCC)(CCC)C1=O. The highest BCUT2D eigenvalue weighted by Crippen LogP contribution is 2.45. The van der Waals surface area contributed by atoms with Crippen LogP contribution in [0.4, 0.5) is 17.6 Å². The van der Waals surface area contributed by atoms with Gasteiger partial charge in [0.2, 0.25) is 0 Å². The molecule has 0 radical (unpaired) electrons. The summed E-state index contributed by atoms with van der Waals surface area (Å²) in [6.45, 7) is 5.44. The summed E-state index contributed by atoms with van der Waals surface area (Å²) in [5, 5.41) is 21.8. The summed E-state index contributed by atoms with van der Waals surface area (Å²) in [6.07, 6.45) is -0.793. The quantitative estimate of drug-likeness (QED) is 0.131. The van der Waals surface area contributed by atoms with E-state index in [0.29, 0.717) is 19.3 Å². The number of carbonyl (C=O) groups is 2. The largest absolute Gasteiger partial charge is 0.507 e. The topological polar surface area (TPSA) is 83.8 Å². The van der Waals surface area contributed by atoms with Crippen LogP contribution >= 0.6 is 0 Å². The minimum atomic E-state index is -4.80. The fraction of sp³-hybridized carbons (Fsp3) is 0.355. The number of ether oxygens (including phenoxy) is 1. The molecule has 2 aromatic rings. The first-order valence-corrected chi connectivity index (χ1v) is 13.2. The maximum atomic E-state index is 13.9. The van der Waals surface area contributed by atoms with Crippen molar-refractivity contribution >= 4 is 17.6 Å². The summed E-state index contributed by atoms with van der Waals surface area (Å²) in [5.41, 5.74) is -3.29. The van der Waals surface area contributed by atoms with Gasteiger partial charge in [-0.1, -0.05) is 52.2 Å². The van der Waals surface area contributed by atoms with Crippen LogP contribution in [0.3, 0.4) is 0 Å². The van der Waals surface area contributed by atoms with Crippen LogP contribution in [0.25, 0.3) is 6.08 Å². The van der Waals surface area contributed by atoms with Crippen molar-refractivity contribution in [2.24, 2.45) is 5.41 Å². The van der Waals surface area contributed by atoms with E-state index in [-0.39, 0.29) is 41.9 Å². The van der Waals surface area contributed by atoms with Gasteiger partial charge in [-0.05, 0) is 67.3 Å². The van der Waals surface area contributed by atoms with Crippen molar-refractivity contribution in [3.05, 3.63) is 88.1 Å². The predicted molar refractivity (Wildman–Crippen MR) is 143 cm³/mol. The highest BCUT2D eigenvalue weighted by atomic mass is 19.4. The van der Waals surface area contributed by atoms with Crippen molar-refractivity contribution in [3.8, 4) is 11.5 Å². The van der Waals surface area contributed by atoms with E-state index >= 15 is 0 Å². The Morgan fingerprint density at radius 1 is 0.925 bits per heavy atom. The van der Waals surface area contributed by atoms with Gasteiger partial charge in [0.15, 0.2) is 11.6 Å². The molecule has 0 spiro atoms. The lowest BCUT2D eigenvalue weighted by Crippen LogP contribution is -2.45. The van der Waals surface area contributed by atoms with Gasteiger partial charge >= 0.3 is 6.18 Å². The molecule has 0 fully saturated rings. The van der Waals surface area contributed by atoms with E-state index in [0.717, 1.165) is 36.4 Å². The number of aliphatic hydroxyl groups is 2. The predicted octanol–water partition coefficient (Wildman–Crippen LogP) is 8.81. The molecule has 9 heteroatoms. The van der Waals surface area contributed by atoms with Crippen molar-refractivity contribution in [3.63, 3.8) is 0 Å². The van der Waals surface area contributed by atoms with Gasteiger partial charge in [-0.3, -0.25) is 9.59 Å². The summed E-state index contributed by atoms with van der Waals surface area (Å²) < 4.78 is 60.3. The number of Topliss-reactive ketones (excluding diaryl/α,β-unsaturated/α-hetero) is 2. The second-order valence-electron chi connectivity index (χ2n) is 9.71. The van der Waals surface area contributed by atoms with Crippen LogP contribution in [-0.4, -0.2) is 21.8 Å². The minimum absolute atomic E-state index is 0.0391. The van der Waals surface area contributed by atoms with Gasteiger partial charge in [0.1, 0.15) is 34.4 Å². The molecule has 0 atom stereocenters. The molecule has 2 aromatic carbocycles. The zero-order valence-electron chi connectivity index (χ0n) is 22.6.